The van der Waals surface area contributed by atoms with Crippen LogP contribution in [-0.4, -0.2) is 19.6 Å². The molecule has 0 aromatic rings. The second-order valence-electron chi connectivity index (χ2n) is 1.19. The third-order valence-electron chi connectivity index (χ3n) is 0.261. The predicted molar refractivity (Wildman–Crippen MR) is 27.2 cm³/mol. The Morgan fingerprint density at radius 2 is 1.10 bits per heavy atom. The van der Waals surface area contributed by atoms with E-state index in [0.29, 0.717) is 0 Å². The Kier molecular flexibility index (Phi) is 5.31. The van der Waals surface area contributed by atoms with Crippen LogP contribution in [0.3, 0.4) is 0 Å². The van der Waals surface area contributed by atoms with Crippen molar-refractivity contribution in [3.63, 3.8) is 0 Å². The Balaban J connectivity index is 0. The van der Waals surface area contributed by atoms with Crippen LogP contribution in [-0.2, 0) is 26.2 Å². The molecule has 0 amide bonds. The van der Waals surface area contributed by atoms with Crippen LogP contribution in [0.1, 0.15) is 0 Å². The molecule has 0 heterocycles. The Morgan fingerprint density at radius 1 is 0.900 bits per heavy atom. The van der Waals surface area contributed by atoms with Crippen molar-refractivity contribution in [2.45, 2.75) is 0 Å². The van der Waals surface area contributed by atoms with E-state index in [9.17, 15) is 9.13 Å². The largest absolute Gasteiger partial charge is 0.409 e. The number of nitrogens with one attached hydrogen (secondary N) is 1. The van der Waals surface area contributed by atoms with E-state index in [1.165, 1.54) is 0 Å². The first-order valence-electron chi connectivity index (χ1n) is 1.61. The van der Waals surface area contributed by atoms with E-state index in [4.69, 9.17) is 19.6 Å². The van der Waals surface area contributed by atoms with Gasteiger partial charge in [-0.05, 0) is 0 Å². The van der Waals surface area contributed by atoms with Crippen LogP contribution in [0.15, 0.2) is 0 Å². The third-order valence-corrected chi connectivity index (χ3v) is 2.34. The maximum absolute atomic E-state index is 9.74. The summed E-state index contributed by atoms with van der Waals surface area (Å²) in [6.07, 6.45) is 0. The van der Waals surface area contributed by atoms with Gasteiger partial charge in [0.05, 0.1) is 0 Å². The molecule has 0 rings (SSSR count). The van der Waals surface area contributed by atoms with Crippen molar-refractivity contribution in [1.82, 2.24) is 4.86 Å². The molecule has 0 fully saturated rings. The number of hydrogen-bond donors (Lipinski definition) is 5. The molecular formula is H5MnNO6P2. The standard InChI is InChI=1S/Mn.H5NO6P2/c;2-8(3,4)1-9(5,6)7/h;(H5,1,2,3,4,5,6,7). The van der Waals surface area contributed by atoms with Gasteiger partial charge in [0.2, 0.25) is 0 Å². The van der Waals surface area contributed by atoms with Crippen LogP contribution in [0.4, 0.5) is 0 Å². The molecule has 0 spiro atoms. The molecule has 0 aromatic carbocycles. The van der Waals surface area contributed by atoms with Gasteiger partial charge in [-0.25, -0.2) is 9.13 Å². The zero-order valence-electron chi connectivity index (χ0n) is 4.38. The summed E-state index contributed by atoms with van der Waals surface area (Å²) in [7, 11) is -9.60. The topological polar surface area (TPSA) is 127 Å². The van der Waals surface area contributed by atoms with E-state index in [2.05, 4.69) is 0 Å². The van der Waals surface area contributed by atoms with Crippen molar-refractivity contribution in [1.29, 1.82) is 0 Å². The van der Waals surface area contributed by atoms with Crippen LogP contribution >= 0.6 is 15.5 Å². The van der Waals surface area contributed by atoms with Gasteiger partial charge in [-0.3, -0.25) is 0 Å². The molecule has 0 unspecified atom stereocenters. The van der Waals surface area contributed by atoms with Crippen LogP contribution < -0.4 is 4.86 Å². The predicted octanol–water partition coefficient (Wildman–Crippen LogP) is -1.24. The molecule has 63 valence electrons. The summed E-state index contributed by atoms with van der Waals surface area (Å²) in [5.41, 5.74) is 0. The fourth-order valence-corrected chi connectivity index (χ4v) is 1.53. The normalized spacial score (nSPS) is 12.4. The Morgan fingerprint density at radius 3 is 1.10 bits per heavy atom. The smallest absolute Gasteiger partial charge is 0.312 e. The Labute approximate surface area is 66.7 Å². The quantitative estimate of drug-likeness (QED) is 0.297. The molecule has 0 aliphatic heterocycles. The first kappa shape index (κ1) is 13.4. The van der Waals surface area contributed by atoms with Gasteiger partial charge < -0.3 is 19.6 Å². The maximum atomic E-state index is 9.74. The van der Waals surface area contributed by atoms with Gasteiger partial charge in [0.1, 0.15) is 0 Å². The minimum atomic E-state index is -4.80. The average Bonchev–Trinajstić information content (AvgIpc) is 1.14. The number of rotatable bonds is 2. The van der Waals surface area contributed by atoms with Crippen molar-refractivity contribution in [2.24, 2.45) is 0 Å². The van der Waals surface area contributed by atoms with Crippen LogP contribution in [0.2, 0.25) is 0 Å². The molecule has 5 N–H and O–H groups in total. The molecule has 10 heteroatoms. The zero-order valence-corrected chi connectivity index (χ0v) is 7.35. The van der Waals surface area contributed by atoms with E-state index in [1.54, 1.807) is 0 Å². The summed E-state index contributed by atoms with van der Waals surface area (Å²) in [5, 5.41) is 0. The van der Waals surface area contributed by atoms with Crippen LogP contribution in [0.25, 0.3) is 0 Å². The van der Waals surface area contributed by atoms with Gasteiger partial charge in [-0.1, -0.05) is 0 Å². The molecular weight excluding hydrogens is 227 g/mol. The summed E-state index contributed by atoms with van der Waals surface area (Å²) in [6.45, 7) is 0. The molecule has 0 saturated carbocycles. The summed E-state index contributed by atoms with van der Waals surface area (Å²) in [4.78, 5) is 32.2. The number of hydrogen-bond acceptors (Lipinski definition) is 2. The molecule has 1 radical (unpaired) electrons. The second kappa shape index (κ2) is 3.97. The summed E-state index contributed by atoms with van der Waals surface area (Å²) in [6, 6.07) is 0. The van der Waals surface area contributed by atoms with E-state index in [0.717, 1.165) is 4.86 Å². The molecule has 0 atom stereocenters. The van der Waals surface area contributed by atoms with E-state index in [-0.39, 0.29) is 17.1 Å². The second-order valence-corrected chi connectivity index (χ2v) is 4.16. The van der Waals surface area contributed by atoms with E-state index >= 15 is 0 Å². The van der Waals surface area contributed by atoms with Gasteiger partial charge in [0.15, 0.2) is 0 Å². The van der Waals surface area contributed by atoms with Gasteiger partial charge >= 0.3 is 15.5 Å². The molecule has 0 aliphatic rings. The summed E-state index contributed by atoms with van der Waals surface area (Å²) >= 11 is 0. The maximum Gasteiger partial charge on any atom is 0.409 e. The van der Waals surface area contributed by atoms with Crippen molar-refractivity contribution >= 4 is 15.5 Å². The van der Waals surface area contributed by atoms with Gasteiger partial charge in [0.25, 0.3) is 0 Å². The summed E-state index contributed by atoms with van der Waals surface area (Å²) < 4.78 is 19.5. The fourth-order valence-electron chi connectivity index (χ4n) is 0.170. The third kappa shape index (κ3) is 11.6. The summed E-state index contributed by atoms with van der Waals surface area (Å²) in [5.74, 6) is 0. The molecule has 0 aliphatic carbocycles. The van der Waals surface area contributed by atoms with Crippen molar-refractivity contribution < 1.29 is 45.8 Å². The van der Waals surface area contributed by atoms with Crippen LogP contribution in [0.5, 0.6) is 0 Å². The molecule has 7 nitrogen and oxygen atoms in total. The molecule has 0 bridgehead atoms. The van der Waals surface area contributed by atoms with E-state index in [1.807, 2.05) is 0 Å². The van der Waals surface area contributed by atoms with E-state index < -0.39 is 15.5 Å². The Hall–Kier alpha value is 0.779. The minimum absolute atomic E-state index is 0. The van der Waals surface area contributed by atoms with Crippen molar-refractivity contribution in [3.8, 4) is 0 Å². The monoisotopic (exact) mass is 232 g/mol. The molecule has 0 aromatic heterocycles. The first-order valence-corrected chi connectivity index (χ1v) is 4.84. The molecule has 10 heavy (non-hydrogen) atoms. The van der Waals surface area contributed by atoms with Crippen molar-refractivity contribution in [2.75, 3.05) is 0 Å². The van der Waals surface area contributed by atoms with Crippen molar-refractivity contribution in [3.05, 3.63) is 0 Å². The first-order chi connectivity index (χ1) is 3.71. The zero-order chi connectivity index (χ0) is 7.71. The van der Waals surface area contributed by atoms with Gasteiger partial charge in [-0.2, -0.15) is 0 Å². The average molecular weight is 232 g/mol. The fraction of sp³-hybridized carbons (Fsp3) is 0. The minimum Gasteiger partial charge on any atom is -0.312 e. The van der Waals surface area contributed by atoms with Gasteiger partial charge in [-0.15, -0.1) is 4.86 Å². The van der Waals surface area contributed by atoms with Crippen LogP contribution in [0, 0.1) is 0 Å². The van der Waals surface area contributed by atoms with Gasteiger partial charge in [0, 0.05) is 17.1 Å². The Bertz CT molecular complexity index is 156. The molecule has 0 saturated heterocycles. The SMILES string of the molecule is O=P(O)(O)NP(=O)(O)O.[Mn].